The molecular formula is C18H18F3N3O3. The first-order valence-corrected chi connectivity index (χ1v) is 7.94. The van der Waals surface area contributed by atoms with Crippen molar-refractivity contribution in [2.24, 2.45) is 0 Å². The molecule has 0 bridgehead atoms. The SMILES string of the molecule is CC(=O)Nc1cccc([C@H](C)NC(=O)Nc2ccccc2OC(F)(F)F)c1. The molecule has 0 radical (unpaired) electrons. The second kappa shape index (κ2) is 8.43. The molecule has 0 heterocycles. The molecule has 0 spiro atoms. The third-order valence-electron chi connectivity index (χ3n) is 3.42. The summed E-state index contributed by atoms with van der Waals surface area (Å²) in [6.07, 6.45) is -4.87. The first-order valence-electron chi connectivity index (χ1n) is 7.94. The maximum absolute atomic E-state index is 12.4. The molecule has 0 aliphatic rings. The van der Waals surface area contributed by atoms with Crippen LogP contribution in [0.15, 0.2) is 48.5 Å². The van der Waals surface area contributed by atoms with Gasteiger partial charge in [-0.05, 0) is 36.8 Å². The Hall–Kier alpha value is -3.23. The van der Waals surface area contributed by atoms with E-state index in [1.165, 1.54) is 25.1 Å². The maximum atomic E-state index is 12.4. The van der Waals surface area contributed by atoms with Crippen molar-refractivity contribution in [3.8, 4) is 5.75 Å². The van der Waals surface area contributed by atoms with Gasteiger partial charge in [-0.1, -0.05) is 24.3 Å². The van der Waals surface area contributed by atoms with Gasteiger partial charge in [0.1, 0.15) is 0 Å². The monoisotopic (exact) mass is 381 g/mol. The molecular weight excluding hydrogens is 363 g/mol. The molecule has 0 aliphatic carbocycles. The number of alkyl halides is 3. The second-order valence-electron chi connectivity index (χ2n) is 5.67. The van der Waals surface area contributed by atoms with Crippen molar-refractivity contribution in [1.82, 2.24) is 5.32 Å². The molecule has 0 unspecified atom stereocenters. The summed E-state index contributed by atoms with van der Waals surface area (Å²) in [7, 11) is 0. The Kier molecular flexibility index (Phi) is 6.27. The molecule has 2 aromatic rings. The fourth-order valence-electron chi connectivity index (χ4n) is 2.31. The second-order valence-corrected chi connectivity index (χ2v) is 5.67. The van der Waals surface area contributed by atoms with E-state index in [0.717, 1.165) is 6.07 Å². The molecule has 0 aliphatic heterocycles. The van der Waals surface area contributed by atoms with Gasteiger partial charge in [-0.3, -0.25) is 4.79 Å². The van der Waals surface area contributed by atoms with Crippen molar-refractivity contribution >= 4 is 23.3 Å². The smallest absolute Gasteiger partial charge is 0.404 e. The van der Waals surface area contributed by atoms with Crippen LogP contribution in [0.3, 0.4) is 0 Å². The third-order valence-corrected chi connectivity index (χ3v) is 3.42. The highest BCUT2D eigenvalue weighted by Gasteiger charge is 2.32. The number of ether oxygens (including phenoxy) is 1. The summed E-state index contributed by atoms with van der Waals surface area (Å²) in [5.74, 6) is -0.743. The van der Waals surface area contributed by atoms with Gasteiger partial charge in [0.15, 0.2) is 5.75 Å². The van der Waals surface area contributed by atoms with E-state index < -0.39 is 24.2 Å². The fourth-order valence-corrected chi connectivity index (χ4v) is 2.31. The zero-order chi connectivity index (χ0) is 20.0. The summed E-state index contributed by atoms with van der Waals surface area (Å²) in [5, 5.41) is 7.58. The predicted octanol–water partition coefficient (Wildman–Crippen LogP) is 4.43. The summed E-state index contributed by atoms with van der Waals surface area (Å²) in [6.45, 7) is 3.08. The maximum Gasteiger partial charge on any atom is 0.573 e. The van der Waals surface area contributed by atoms with E-state index in [2.05, 4.69) is 20.7 Å². The summed E-state index contributed by atoms with van der Waals surface area (Å²) >= 11 is 0. The number of benzene rings is 2. The third kappa shape index (κ3) is 6.53. The Balaban J connectivity index is 2.05. The van der Waals surface area contributed by atoms with Crippen molar-refractivity contribution in [2.75, 3.05) is 10.6 Å². The van der Waals surface area contributed by atoms with Gasteiger partial charge in [0.2, 0.25) is 5.91 Å². The summed E-state index contributed by atoms with van der Waals surface area (Å²) in [6, 6.07) is 10.9. The van der Waals surface area contributed by atoms with Gasteiger partial charge < -0.3 is 20.7 Å². The number of carbonyl (C=O) groups excluding carboxylic acids is 2. The zero-order valence-corrected chi connectivity index (χ0v) is 14.6. The lowest BCUT2D eigenvalue weighted by Gasteiger charge is -2.18. The molecule has 3 amide bonds. The minimum absolute atomic E-state index is 0.119. The molecule has 0 saturated carbocycles. The van der Waals surface area contributed by atoms with E-state index in [-0.39, 0.29) is 11.6 Å². The molecule has 9 heteroatoms. The average Bonchev–Trinajstić information content (AvgIpc) is 2.55. The van der Waals surface area contributed by atoms with Crippen LogP contribution >= 0.6 is 0 Å². The number of rotatable bonds is 5. The number of hydrogen-bond donors (Lipinski definition) is 3. The van der Waals surface area contributed by atoms with Crippen LogP contribution in [0.25, 0.3) is 0 Å². The molecule has 27 heavy (non-hydrogen) atoms. The van der Waals surface area contributed by atoms with Crippen molar-refractivity contribution in [2.45, 2.75) is 26.3 Å². The number of nitrogens with one attached hydrogen (secondary N) is 3. The summed E-state index contributed by atoms with van der Waals surface area (Å²) < 4.78 is 41.2. The largest absolute Gasteiger partial charge is 0.573 e. The number of hydrogen-bond acceptors (Lipinski definition) is 3. The van der Waals surface area contributed by atoms with Crippen LogP contribution in [0.4, 0.5) is 29.3 Å². The van der Waals surface area contributed by atoms with E-state index in [9.17, 15) is 22.8 Å². The van der Waals surface area contributed by atoms with Crippen LogP contribution in [-0.4, -0.2) is 18.3 Å². The minimum atomic E-state index is -4.87. The van der Waals surface area contributed by atoms with Gasteiger partial charge >= 0.3 is 12.4 Å². The number of amides is 3. The molecule has 144 valence electrons. The molecule has 3 N–H and O–H groups in total. The van der Waals surface area contributed by atoms with Crippen molar-refractivity contribution in [1.29, 1.82) is 0 Å². The van der Waals surface area contributed by atoms with Crippen LogP contribution in [0.2, 0.25) is 0 Å². The molecule has 6 nitrogen and oxygen atoms in total. The Bertz CT molecular complexity index is 825. The Labute approximate surface area is 153 Å². The van der Waals surface area contributed by atoms with Crippen LogP contribution in [-0.2, 0) is 4.79 Å². The van der Waals surface area contributed by atoms with Gasteiger partial charge in [-0.15, -0.1) is 13.2 Å². The van der Waals surface area contributed by atoms with Gasteiger partial charge in [0, 0.05) is 12.6 Å². The topological polar surface area (TPSA) is 79.5 Å². The van der Waals surface area contributed by atoms with Gasteiger partial charge in [-0.2, -0.15) is 0 Å². The van der Waals surface area contributed by atoms with Gasteiger partial charge in [0.05, 0.1) is 11.7 Å². The van der Waals surface area contributed by atoms with Crippen molar-refractivity contribution < 1.29 is 27.5 Å². The molecule has 2 aromatic carbocycles. The number of urea groups is 1. The Morgan fingerprint density at radius 1 is 1.04 bits per heavy atom. The number of anilines is 2. The molecule has 0 fully saturated rings. The Morgan fingerprint density at radius 3 is 2.41 bits per heavy atom. The average molecular weight is 381 g/mol. The molecule has 2 rings (SSSR count). The Morgan fingerprint density at radius 2 is 1.74 bits per heavy atom. The van der Waals surface area contributed by atoms with E-state index >= 15 is 0 Å². The predicted molar refractivity (Wildman–Crippen MR) is 94.4 cm³/mol. The molecule has 0 aromatic heterocycles. The van der Waals surface area contributed by atoms with E-state index in [0.29, 0.717) is 11.3 Å². The number of halogens is 3. The van der Waals surface area contributed by atoms with E-state index in [1.807, 2.05) is 0 Å². The number of para-hydroxylation sites is 2. The first-order chi connectivity index (χ1) is 12.6. The van der Waals surface area contributed by atoms with Gasteiger partial charge in [0.25, 0.3) is 0 Å². The van der Waals surface area contributed by atoms with Crippen molar-refractivity contribution in [3.05, 3.63) is 54.1 Å². The summed E-state index contributed by atoms with van der Waals surface area (Å²) in [5.41, 5.74) is 1.15. The highest BCUT2D eigenvalue weighted by atomic mass is 19.4. The van der Waals surface area contributed by atoms with Crippen LogP contribution in [0, 0.1) is 0 Å². The lowest BCUT2D eigenvalue weighted by molar-refractivity contribution is -0.274. The normalized spacial score (nSPS) is 12.0. The minimum Gasteiger partial charge on any atom is -0.404 e. The highest BCUT2D eigenvalue weighted by Crippen LogP contribution is 2.30. The summed E-state index contributed by atoms with van der Waals surface area (Å²) in [4.78, 5) is 23.3. The number of carbonyl (C=O) groups is 2. The van der Waals surface area contributed by atoms with Crippen LogP contribution in [0.1, 0.15) is 25.5 Å². The van der Waals surface area contributed by atoms with Gasteiger partial charge in [-0.25, -0.2) is 4.79 Å². The van der Waals surface area contributed by atoms with Crippen molar-refractivity contribution in [3.63, 3.8) is 0 Å². The molecule has 0 saturated heterocycles. The quantitative estimate of drug-likeness (QED) is 0.717. The highest BCUT2D eigenvalue weighted by molar-refractivity contribution is 5.91. The van der Waals surface area contributed by atoms with E-state index in [4.69, 9.17) is 0 Å². The first kappa shape index (κ1) is 20.1. The zero-order valence-electron chi connectivity index (χ0n) is 14.6. The lowest BCUT2D eigenvalue weighted by Crippen LogP contribution is -2.31. The van der Waals surface area contributed by atoms with E-state index in [1.54, 1.807) is 31.2 Å². The standard InChI is InChI=1S/C18H18F3N3O3/c1-11(13-6-5-7-14(10-13)23-12(2)25)22-17(26)24-15-8-3-4-9-16(15)27-18(19,20)21/h3-11H,1-2H3,(H,23,25)(H2,22,24,26)/t11-/m0/s1. The fraction of sp³-hybridized carbons (Fsp3) is 0.222. The molecule has 1 atom stereocenters. The van der Waals surface area contributed by atoms with Crippen LogP contribution in [0.5, 0.6) is 5.75 Å². The lowest BCUT2D eigenvalue weighted by atomic mass is 10.1. The van der Waals surface area contributed by atoms with Crippen LogP contribution < -0.4 is 20.7 Å².